The van der Waals surface area contributed by atoms with Gasteiger partial charge in [0.05, 0.1) is 12.1 Å². The van der Waals surface area contributed by atoms with Crippen molar-refractivity contribution in [3.8, 4) is 0 Å². The number of hydrogen-bond acceptors (Lipinski definition) is 4. The summed E-state index contributed by atoms with van der Waals surface area (Å²) in [5.41, 5.74) is 0.812. The average Bonchev–Trinajstić information content (AvgIpc) is 2.95. The van der Waals surface area contributed by atoms with Gasteiger partial charge >= 0.3 is 6.55 Å². The van der Waals surface area contributed by atoms with Crippen molar-refractivity contribution in [1.82, 2.24) is 19.5 Å². The van der Waals surface area contributed by atoms with Gasteiger partial charge in [-0.25, -0.2) is 15.0 Å². The Labute approximate surface area is 119 Å². The molecule has 108 valence electrons. The zero-order valence-corrected chi connectivity index (χ0v) is 11.3. The fourth-order valence-corrected chi connectivity index (χ4v) is 2.23. The lowest BCUT2D eigenvalue weighted by atomic mass is 10.2. The molecule has 0 amide bonds. The standard InChI is InChI=1S/C14H13F2N5/c1-20(8-12-17-6-7-21(12)14(15)16)13-10-4-2-3-5-11(10)18-9-19-13/h2-7,9,14H,8H2,1H3. The minimum atomic E-state index is -2.60. The van der Waals surface area contributed by atoms with Crippen molar-refractivity contribution in [3.63, 3.8) is 0 Å². The van der Waals surface area contributed by atoms with Crippen LogP contribution in [-0.2, 0) is 6.54 Å². The predicted octanol–water partition coefficient (Wildman–Crippen LogP) is 2.86. The molecule has 0 aliphatic rings. The summed E-state index contributed by atoms with van der Waals surface area (Å²) in [4.78, 5) is 14.2. The minimum Gasteiger partial charge on any atom is -0.352 e. The molecule has 2 heterocycles. The molecule has 3 rings (SSSR count). The second-order valence-electron chi connectivity index (χ2n) is 4.60. The summed E-state index contributed by atoms with van der Waals surface area (Å²) in [6.07, 6.45) is 4.10. The lowest BCUT2D eigenvalue weighted by Crippen LogP contribution is -2.21. The highest BCUT2D eigenvalue weighted by Gasteiger charge is 2.15. The summed E-state index contributed by atoms with van der Waals surface area (Å²) < 4.78 is 26.5. The molecule has 0 saturated carbocycles. The van der Waals surface area contributed by atoms with Crippen molar-refractivity contribution in [1.29, 1.82) is 0 Å². The first kappa shape index (κ1) is 13.4. The van der Waals surface area contributed by atoms with Gasteiger partial charge in [-0.05, 0) is 12.1 Å². The summed E-state index contributed by atoms with van der Waals surface area (Å²) in [6.45, 7) is -2.36. The van der Waals surface area contributed by atoms with E-state index in [0.29, 0.717) is 5.82 Å². The molecule has 0 spiro atoms. The van der Waals surface area contributed by atoms with E-state index < -0.39 is 6.55 Å². The van der Waals surface area contributed by atoms with Gasteiger partial charge in [0.2, 0.25) is 0 Å². The number of alkyl halides is 2. The van der Waals surface area contributed by atoms with Crippen molar-refractivity contribution in [2.24, 2.45) is 0 Å². The van der Waals surface area contributed by atoms with Crippen LogP contribution in [0.15, 0.2) is 43.0 Å². The summed E-state index contributed by atoms with van der Waals surface area (Å²) in [5.74, 6) is 0.972. The number of para-hydroxylation sites is 1. The molecule has 0 fully saturated rings. The Bertz CT molecular complexity index is 750. The first-order valence-electron chi connectivity index (χ1n) is 6.37. The number of imidazole rings is 1. The summed E-state index contributed by atoms with van der Waals surface area (Å²) in [5, 5.41) is 0.873. The van der Waals surface area contributed by atoms with Gasteiger partial charge in [0.1, 0.15) is 18.0 Å². The maximum absolute atomic E-state index is 12.8. The Balaban J connectivity index is 1.94. The fraction of sp³-hybridized carbons (Fsp3) is 0.214. The van der Waals surface area contributed by atoms with Crippen LogP contribution < -0.4 is 4.90 Å². The molecule has 5 nitrogen and oxygen atoms in total. The Morgan fingerprint density at radius 3 is 2.81 bits per heavy atom. The fourth-order valence-electron chi connectivity index (χ4n) is 2.23. The second kappa shape index (κ2) is 5.43. The van der Waals surface area contributed by atoms with Crippen LogP contribution in [0.1, 0.15) is 12.4 Å². The van der Waals surface area contributed by atoms with Crippen LogP contribution in [-0.4, -0.2) is 26.6 Å². The third-order valence-corrected chi connectivity index (χ3v) is 3.22. The van der Waals surface area contributed by atoms with E-state index in [2.05, 4.69) is 15.0 Å². The van der Waals surface area contributed by atoms with Crippen LogP contribution in [0, 0.1) is 0 Å². The van der Waals surface area contributed by atoms with E-state index in [9.17, 15) is 8.78 Å². The molecule has 0 atom stereocenters. The SMILES string of the molecule is CN(Cc1nccn1C(F)F)c1ncnc2ccccc12. The average molecular weight is 289 g/mol. The minimum absolute atomic E-state index is 0.234. The Kier molecular flexibility index (Phi) is 3.47. The van der Waals surface area contributed by atoms with Crippen molar-refractivity contribution in [2.75, 3.05) is 11.9 Å². The van der Waals surface area contributed by atoms with Gasteiger partial charge in [0.15, 0.2) is 0 Å². The van der Waals surface area contributed by atoms with Crippen molar-refractivity contribution in [2.45, 2.75) is 13.1 Å². The zero-order chi connectivity index (χ0) is 14.8. The maximum atomic E-state index is 12.8. The number of benzene rings is 1. The molecule has 0 radical (unpaired) electrons. The van der Waals surface area contributed by atoms with E-state index in [1.54, 1.807) is 11.9 Å². The highest BCUT2D eigenvalue weighted by molar-refractivity contribution is 5.88. The van der Waals surface area contributed by atoms with E-state index in [-0.39, 0.29) is 12.4 Å². The number of hydrogen-bond donors (Lipinski definition) is 0. The van der Waals surface area contributed by atoms with Gasteiger partial charge in [-0.2, -0.15) is 8.78 Å². The molecule has 7 heteroatoms. The van der Waals surface area contributed by atoms with Gasteiger partial charge in [-0.15, -0.1) is 0 Å². The molecule has 0 aliphatic heterocycles. The Hall–Kier alpha value is -2.57. The number of aromatic nitrogens is 4. The smallest absolute Gasteiger partial charge is 0.319 e. The molecule has 0 aliphatic carbocycles. The topological polar surface area (TPSA) is 46.8 Å². The van der Waals surface area contributed by atoms with Crippen LogP contribution in [0.4, 0.5) is 14.6 Å². The summed E-state index contributed by atoms with van der Waals surface area (Å²) in [7, 11) is 1.79. The molecule has 21 heavy (non-hydrogen) atoms. The van der Waals surface area contributed by atoms with Gasteiger partial charge in [-0.3, -0.25) is 4.57 Å². The van der Waals surface area contributed by atoms with Crippen LogP contribution in [0.5, 0.6) is 0 Å². The van der Waals surface area contributed by atoms with Crippen LogP contribution in [0.3, 0.4) is 0 Å². The monoisotopic (exact) mass is 289 g/mol. The summed E-state index contributed by atoms with van der Waals surface area (Å²) in [6, 6.07) is 7.57. The van der Waals surface area contributed by atoms with Crippen molar-refractivity contribution in [3.05, 3.63) is 48.8 Å². The largest absolute Gasteiger partial charge is 0.352 e. The van der Waals surface area contributed by atoms with Crippen molar-refractivity contribution >= 4 is 16.7 Å². The molecule has 0 unspecified atom stereocenters. The van der Waals surface area contributed by atoms with Gasteiger partial charge < -0.3 is 4.90 Å². The molecule has 3 aromatic rings. The van der Waals surface area contributed by atoms with Gasteiger partial charge in [-0.1, -0.05) is 12.1 Å². The lowest BCUT2D eigenvalue weighted by Gasteiger charge is -2.19. The zero-order valence-electron chi connectivity index (χ0n) is 11.3. The normalized spacial score (nSPS) is 11.2. The first-order chi connectivity index (χ1) is 10.2. The molecule has 0 bridgehead atoms. The van der Waals surface area contributed by atoms with Crippen LogP contribution in [0.2, 0.25) is 0 Å². The second-order valence-corrected chi connectivity index (χ2v) is 4.60. The van der Waals surface area contributed by atoms with Gasteiger partial charge in [0.25, 0.3) is 0 Å². The summed E-state index contributed by atoms with van der Waals surface area (Å²) >= 11 is 0. The van der Waals surface area contributed by atoms with Gasteiger partial charge in [0, 0.05) is 24.8 Å². The lowest BCUT2D eigenvalue weighted by molar-refractivity contribution is 0.0670. The third kappa shape index (κ3) is 2.54. The molecule has 2 aromatic heterocycles. The first-order valence-corrected chi connectivity index (χ1v) is 6.37. The Morgan fingerprint density at radius 1 is 1.19 bits per heavy atom. The number of halogens is 2. The highest BCUT2D eigenvalue weighted by Crippen LogP contribution is 2.23. The molecular formula is C14H13F2N5. The van der Waals surface area contributed by atoms with E-state index in [1.165, 1.54) is 18.7 Å². The molecular weight excluding hydrogens is 276 g/mol. The number of rotatable bonds is 4. The molecule has 1 aromatic carbocycles. The number of anilines is 1. The van der Waals surface area contributed by atoms with E-state index in [0.717, 1.165) is 15.5 Å². The van der Waals surface area contributed by atoms with Crippen molar-refractivity contribution < 1.29 is 8.78 Å². The Morgan fingerprint density at radius 2 is 2.00 bits per heavy atom. The van der Waals surface area contributed by atoms with E-state index in [1.807, 2.05) is 24.3 Å². The number of fused-ring (bicyclic) bond motifs is 1. The van der Waals surface area contributed by atoms with E-state index in [4.69, 9.17) is 0 Å². The molecule has 0 saturated heterocycles. The quantitative estimate of drug-likeness (QED) is 0.741. The van der Waals surface area contributed by atoms with Crippen LogP contribution >= 0.6 is 0 Å². The molecule has 0 N–H and O–H groups in total. The van der Waals surface area contributed by atoms with E-state index >= 15 is 0 Å². The third-order valence-electron chi connectivity index (χ3n) is 3.22. The maximum Gasteiger partial charge on any atom is 0.319 e. The highest BCUT2D eigenvalue weighted by atomic mass is 19.3. The predicted molar refractivity (Wildman–Crippen MR) is 75.1 cm³/mol. The van der Waals surface area contributed by atoms with Crippen LogP contribution in [0.25, 0.3) is 10.9 Å². The number of nitrogens with zero attached hydrogens (tertiary/aromatic N) is 5.